The summed E-state index contributed by atoms with van der Waals surface area (Å²) in [6, 6.07) is 8.22. The van der Waals surface area contributed by atoms with Crippen molar-refractivity contribution >= 4 is 17.1 Å². The quantitative estimate of drug-likeness (QED) is 0.725. The minimum atomic E-state index is -0.0767. The molecule has 2 aromatic heterocycles. The molecule has 0 radical (unpaired) electrons. The van der Waals surface area contributed by atoms with Gasteiger partial charge in [-0.05, 0) is 43.7 Å². The van der Waals surface area contributed by atoms with Crippen LogP contribution in [0, 0.1) is 13.8 Å². The van der Waals surface area contributed by atoms with Crippen LogP contribution in [0.5, 0.6) is 0 Å². The third-order valence-electron chi connectivity index (χ3n) is 6.00. The molecule has 152 valence electrons. The van der Waals surface area contributed by atoms with Gasteiger partial charge in [-0.2, -0.15) is 0 Å². The van der Waals surface area contributed by atoms with Crippen molar-refractivity contribution in [3.63, 3.8) is 0 Å². The molecule has 0 spiro atoms. The van der Waals surface area contributed by atoms with Gasteiger partial charge in [0.2, 0.25) is 0 Å². The lowest BCUT2D eigenvalue weighted by Crippen LogP contribution is -2.45. The Labute approximate surface area is 172 Å². The molecule has 1 saturated heterocycles. The number of hydrogen-bond acceptors (Lipinski definition) is 4. The highest BCUT2D eigenvalue weighted by molar-refractivity contribution is 6.07. The summed E-state index contributed by atoms with van der Waals surface area (Å²) < 4.78 is 2.01. The van der Waals surface area contributed by atoms with E-state index in [2.05, 4.69) is 39.2 Å². The van der Waals surface area contributed by atoms with E-state index in [-0.39, 0.29) is 5.91 Å². The average Bonchev–Trinajstić information content (AvgIpc) is 3.01. The van der Waals surface area contributed by atoms with E-state index in [1.807, 2.05) is 36.6 Å². The number of fused-ring (bicyclic) bond motifs is 1. The normalized spacial score (nSPS) is 15.7. The lowest BCUT2D eigenvalue weighted by Gasteiger charge is -2.34. The van der Waals surface area contributed by atoms with Crippen molar-refractivity contribution in [1.82, 2.24) is 19.2 Å². The first kappa shape index (κ1) is 19.6. The molecule has 1 aromatic carbocycles. The number of rotatable bonds is 5. The molecular weight excluding hydrogens is 362 g/mol. The van der Waals surface area contributed by atoms with E-state index in [4.69, 9.17) is 0 Å². The predicted molar refractivity (Wildman–Crippen MR) is 116 cm³/mol. The van der Waals surface area contributed by atoms with Crippen LogP contribution >= 0.6 is 0 Å². The lowest BCUT2D eigenvalue weighted by molar-refractivity contribution is 0.102. The number of nitrogens with one attached hydrogen (secondary N) is 1. The summed E-state index contributed by atoms with van der Waals surface area (Å²) in [4.78, 5) is 22.1. The molecular formula is C23H29N5O. The number of nitrogens with zero attached hydrogens (tertiary/aromatic N) is 4. The Hall–Kier alpha value is -2.70. The van der Waals surface area contributed by atoms with Crippen molar-refractivity contribution in [2.45, 2.75) is 27.3 Å². The maximum Gasteiger partial charge on any atom is 0.257 e. The van der Waals surface area contributed by atoms with E-state index < -0.39 is 0 Å². The molecule has 1 aliphatic heterocycles. The summed E-state index contributed by atoms with van der Waals surface area (Å²) in [6.45, 7) is 12.8. The first-order valence-corrected chi connectivity index (χ1v) is 10.3. The zero-order valence-corrected chi connectivity index (χ0v) is 17.5. The van der Waals surface area contributed by atoms with E-state index in [9.17, 15) is 4.79 Å². The number of amides is 1. The highest BCUT2D eigenvalue weighted by Crippen LogP contribution is 2.23. The number of carbonyl (C=O) groups excluding carboxylic acids is 1. The number of likely N-dealkylation sites (N-methyl/N-ethyl adjacent to an activating group) is 1. The summed E-state index contributed by atoms with van der Waals surface area (Å²) in [7, 11) is 0. The zero-order valence-electron chi connectivity index (χ0n) is 17.5. The number of benzene rings is 1. The Morgan fingerprint density at radius 3 is 2.41 bits per heavy atom. The van der Waals surface area contributed by atoms with Crippen LogP contribution in [0.25, 0.3) is 5.52 Å². The number of piperazine rings is 1. The van der Waals surface area contributed by atoms with Gasteiger partial charge < -0.3 is 14.6 Å². The molecule has 0 atom stereocenters. The van der Waals surface area contributed by atoms with Crippen molar-refractivity contribution in [1.29, 1.82) is 0 Å². The van der Waals surface area contributed by atoms with Crippen molar-refractivity contribution in [2.24, 2.45) is 0 Å². The fourth-order valence-corrected chi connectivity index (χ4v) is 4.19. The number of carbonyl (C=O) groups is 1. The van der Waals surface area contributed by atoms with Crippen LogP contribution in [0.2, 0.25) is 0 Å². The van der Waals surface area contributed by atoms with Gasteiger partial charge in [0.05, 0.1) is 17.3 Å². The topological polar surface area (TPSA) is 52.9 Å². The molecule has 3 heterocycles. The number of aryl methyl sites for hydroxylation is 2. The first-order valence-electron chi connectivity index (χ1n) is 10.3. The average molecular weight is 392 g/mol. The number of aromatic nitrogens is 2. The van der Waals surface area contributed by atoms with E-state index in [1.165, 1.54) is 5.56 Å². The van der Waals surface area contributed by atoms with E-state index in [0.29, 0.717) is 0 Å². The smallest absolute Gasteiger partial charge is 0.257 e. The van der Waals surface area contributed by atoms with Crippen LogP contribution in [0.1, 0.15) is 34.1 Å². The molecule has 1 N–H and O–H groups in total. The first-order chi connectivity index (χ1) is 14.1. The van der Waals surface area contributed by atoms with Crippen LogP contribution in [0.15, 0.2) is 42.9 Å². The van der Waals surface area contributed by atoms with Gasteiger partial charge in [-0.1, -0.05) is 19.1 Å². The van der Waals surface area contributed by atoms with Crippen molar-refractivity contribution in [2.75, 3.05) is 38.0 Å². The van der Waals surface area contributed by atoms with Gasteiger partial charge in [0, 0.05) is 56.5 Å². The van der Waals surface area contributed by atoms with E-state index >= 15 is 0 Å². The van der Waals surface area contributed by atoms with Gasteiger partial charge >= 0.3 is 0 Å². The molecule has 0 bridgehead atoms. The Balaban J connectivity index is 1.42. The third kappa shape index (κ3) is 4.04. The van der Waals surface area contributed by atoms with Crippen LogP contribution < -0.4 is 5.32 Å². The van der Waals surface area contributed by atoms with Crippen molar-refractivity contribution in [3.8, 4) is 0 Å². The van der Waals surface area contributed by atoms with E-state index in [1.54, 1.807) is 12.4 Å². The SMILES string of the molecule is CCN1CCN(Cc2ccc(NC(=O)c3c(C)c4cnccn4c3C)cc2)CC1. The number of anilines is 1. The molecule has 29 heavy (non-hydrogen) atoms. The molecule has 4 rings (SSSR count). The Morgan fingerprint density at radius 1 is 1.07 bits per heavy atom. The summed E-state index contributed by atoms with van der Waals surface area (Å²) in [6.07, 6.45) is 5.43. The van der Waals surface area contributed by atoms with Gasteiger partial charge in [0.25, 0.3) is 5.91 Å². The fourth-order valence-electron chi connectivity index (χ4n) is 4.19. The second-order valence-electron chi connectivity index (χ2n) is 7.78. The minimum absolute atomic E-state index is 0.0767. The van der Waals surface area contributed by atoms with Gasteiger partial charge in [0.1, 0.15) is 0 Å². The summed E-state index contributed by atoms with van der Waals surface area (Å²) in [5.74, 6) is -0.0767. The summed E-state index contributed by atoms with van der Waals surface area (Å²) in [5.41, 5.74) is 5.67. The molecule has 1 fully saturated rings. The van der Waals surface area contributed by atoms with Crippen LogP contribution in [-0.2, 0) is 6.54 Å². The largest absolute Gasteiger partial charge is 0.322 e. The molecule has 0 unspecified atom stereocenters. The van der Waals surface area contributed by atoms with Gasteiger partial charge in [-0.25, -0.2) is 0 Å². The zero-order chi connectivity index (χ0) is 20.4. The second kappa shape index (κ2) is 8.35. The molecule has 3 aromatic rings. The minimum Gasteiger partial charge on any atom is -0.322 e. The maximum atomic E-state index is 12.9. The standard InChI is InChI=1S/C23H29N5O/c1-4-26-11-13-27(14-12-26)16-19-5-7-20(8-6-19)25-23(29)22-17(2)21-15-24-9-10-28(21)18(22)3/h5-10,15H,4,11-14,16H2,1-3H3,(H,25,29). The highest BCUT2D eigenvalue weighted by Gasteiger charge is 2.19. The fraction of sp³-hybridized carbons (Fsp3) is 0.391. The summed E-state index contributed by atoms with van der Waals surface area (Å²) in [5, 5.41) is 3.05. The molecule has 0 saturated carbocycles. The molecule has 1 amide bonds. The number of hydrogen-bond donors (Lipinski definition) is 1. The monoisotopic (exact) mass is 391 g/mol. The van der Waals surface area contributed by atoms with Crippen molar-refractivity contribution in [3.05, 3.63) is 65.2 Å². The van der Waals surface area contributed by atoms with Crippen LogP contribution in [0.4, 0.5) is 5.69 Å². The van der Waals surface area contributed by atoms with Crippen LogP contribution in [-0.4, -0.2) is 57.8 Å². The van der Waals surface area contributed by atoms with Crippen molar-refractivity contribution < 1.29 is 4.79 Å². The predicted octanol–water partition coefficient (Wildman–Crippen LogP) is 3.34. The Bertz CT molecular complexity index is 961. The molecule has 1 aliphatic rings. The lowest BCUT2D eigenvalue weighted by atomic mass is 10.1. The van der Waals surface area contributed by atoms with Crippen LogP contribution in [0.3, 0.4) is 0 Å². The Kier molecular flexibility index (Phi) is 5.65. The molecule has 6 heteroatoms. The highest BCUT2D eigenvalue weighted by atomic mass is 16.1. The van der Waals surface area contributed by atoms with Gasteiger partial charge in [-0.3, -0.25) is 14.7 Å². The maximum absolute atomic E-state index is 12.9. The second-order valence-corrected chi connectivity index (χ2v) is 7.78. The molecule has 0 aliphatic carbocycles. The molecule has 6 nitrogen and oxygen atoms in total. The van der Waals surface area contributed by atoms with E-state index in [0.717, 1.165) is 67.3 Å². The third-order valence-corrected chi connectivity index (χ3v) is 6.00. The van der Waals surface area contributed by atoms with Gasteiger partial charge in [0.15, 0.2) is 0 Å². The Morgan fingerprint density at radius 2 is 1.76 bits per heavy atom. The summed E-state index contributed by atoms with van der Waals surface area (Å²) >= 11 is 0. The van der Waals surface area contributed by atoms with Gasteiger partial charge in [-0.15, -0.1) is 0 Å².